The van der Waals surface area contributed by atoms with Crippen LogP contribution in [0.25, 0.3) is 0 Å². The summed E-state index contributed by atoms with van der Waals surface area (Å²) >= 11 is 0. The minimum Gasteiger partial charge on any atom is -0.493 e. The van der Waals surface area contributed by atoms with Crippen molar-refractivity contribution in [2.24, 2.45) is 11.8 Å². The number of hydrogen-bond acceptors (Lipinski definition) is 8. The molecule has 2 aromatic carbocycles. The normalized spacial score (nSPS) is 25.5. The molecule has 0 amide bonds. The average Bonchev–Trinajstić information content (AvgIpc) is 3.44. The number of terminal acetylenes is 1. The van der Waals surface area contributed by atoms with Gasteiger partial charge in [-0.1, -0.05) is 57.2 Å². The van der Waals surface area contributed by atoms with Crippen molar-refractivity contribution in [3.63, 3.8) is 0 Å². The van der Waals surface area contributed by atoms with Crippen LogP contribution in [0.2, 0.25) is 18.1 Å². The Morgan fingerprint density at radius 1 is 0.962 bits per heavy atom. The summed E-state index contributed by atoms with van der Waals surface area (Å²) in [6, 6.07) is 16.2. The van der Waals surface area contributed by atoms with E-state index in [-0.39, 0.29) is 46.6 Å². The van der Waals surface area contributed by atoms with E-state index in [1.165, 1.54) is 6.07 Å². The Balaban J connectivity index is 0.000000488. The van der Waals surface area contributed by atoms with E-state index >= 15 is 0 Å². The summed E-state index contributed by atoms with van der Waals surface area (Å²) in [6.07, 6.45) is 16.8. The summed E-state index contributed by atoms with van der Waals surface area (Å²) in [6.45, 7) is 15.2. The second kappa shape index (κ2) is 20.3. The van der Waals surface area contributed by atoms with Gasteiger partial charge in [0.1, 0.15) is 11.5 Å². The van der Waals surface area contributed by atoms with Crippen LogP contribution in [0.4, 0.5) is 0 Å². The third kappa shape index (κ3) is 13.2. The summed E-state index contributed by atoms with van der Waals surface area (Å²) in [4.78, 5) is -0.0278. The van der Waals surface area contributed by atoms with Gasteiger partial charge in [0.15, 0.2) is 20.9 Å². The lowest BCUT2D eigenvalue weighted by atomic mass is 9.87. The maximum Gasteiger partial charge on any atom is 0.294 e. The fourth-order valence-corrected chi connectivity index (χ4v) is 8.98. The van der Waals surface area contributed by atoms with E-state index in [0.717, 1.165) is 82.5 Å². The predicted octanol–water partition coefficient (Wildman–Crippen LogP) is 9.48. The smallest absolute Gasteiger partial charge is 0.294 e. The van der Waals surface area contributed by atoms with Crippen LogP contribution >= 0.6 is 0 Å². The number of benzene rings is 2. The summed E-state index contributed by atoms with van der Waals surface area (Å²) in [5.41, 5.74) is 0.551. The molecule has 0 spiro atoms. The van der Waals surface area contributed by atoms with Crippen LogP contribution in [-0.2, 0) is 33.5 Å². The summed E-state index contributed by atoms with van der Waals surface area (Å²) in [5.74, 6) is 4.88. The Morgan fingerprint density at radius 2 is 1.60 bits per heavy atom. The number of aryl methyl sites for hydroxylation is 1. The van der Waals surface area contributed by atoms with Crippen molar-refractivity contribution in [2.45, 2.75) is 140 Å². The second-order valence-electron chi connectivity index (χ2n) is 15.8. The van der Waals surface area contributed by atoms with Crippen molar-refractivity contribution in [3.05, 3.63) is 72.0 Å². The lowest BCUT2D eigenvalue weighted by Crippen LogP contribution is -2.45. The Labute approximate surface area is 320 Å². The summed E-state index contributed by atoms with van der Waals surface area (Å²) in [7, 11) is -6.09. The van der Waals surface area contributed by atoms with Crippen molar-refractivity contribution in [2.75, 3.05) is 19.8 Å². The third-order valence-electron chi connectivity index (χ3n) is 10.7. The first-order chi connectivity index (χ1) is 25.2. The summed E-state index contributed by atoms with van der Waals surface area (Å²) < 4.78 is 68.8. The van der Waals surface area contributed by atoms with E-state index in [1.807, 2.05) is 30.3 Å². The zero-order valence-electron chi connectivity index (χ0n) is 32.6. The van der Waals surface area contributed by atoms with E-state index < -0.39 is 18.4 Å². The zero-order valence-corrected chi connectivity index (χ0v) is 34.4. The first-order valence-corrected chi connectivity index (χ1v) is 23.6. The van der Waals surface area contributed by atoms with Gasteiger partial charge in [0, 0.05) is 31.8 Å². The van der Waals surface area contributed by atoms with Gasteiger partial charge in [-0.15, -0.1) is 12.3 Å². The van der Waals surface area contributed by atoms with Crippen molar-refractivity contribution in [1.82, 2.24) is 0 Å². The van der Waals surface area contributed by atoms with E-state index in [4.69, 9.17) is 39.1 Å². The maximum absolute atomic E-state index is 10.6. The standard InChI is InChI=1S/C35H54O6Si.C7H8O3S/c1-7-8-19-28-30(41-42(5,6)35(2,3)4)26-31(40-33-22-13-15-24-38-33)34(28)29(39-32-21-12-14-23-37-32)20-16-25-36-27-17-10-9-11-18-27;1-6-4-2-3-5-7(6)11(8,9)10/h1,9-11,17-18,20,28,30-34H,8,12-16,19,21-26H2,2-6H3;2-5H,1H3,(H,8,9,10)/b29-20+;/t28-,30-,31+,32?,33?,34-;/m1./s1. The molecule has 0 bridgehead atoms. The van der Waals surface area contributed by atoms with Crippen molar-refractivity contribution in [1.29, 1.82) is 0 Å². The number of para-hydroxylation sites is 1. The van der Waals surface area contributed by atoms with Crippen LogP contribution in [-0.4, -0.2) is 65.9 Å². The van der Waals surface area contributed by atoms with Crippen LogP contribution in [0.5, 0.6) is 5.75 Å². The first-order valence-electron chi connectivity index (χ1n) is 19.3. The molecule has 5 rings (SSSR count). The number of hydrogen-bond donors (Lipinski definition) is 1. The van der Waals surface area contributed by atoms with Crippen molar-refractivity contribution in [3.8, 4) is 18.1 Å². The maximum atomic E-state index is 10.6. The molecule has 1 N–H and O–H groups in total. The van der Waals surface area contributed by atoms with Crippen LogP contribution in [0.1, 0.15) is 90.5 Å². The lowest BCUT2D eigenvalue weighted by molar-refractivity contribution is -0.201. The van der Waals surface area contributed by atoms with E-state index in [2.05, 4.69) is 45.9 Å². The molecule has 294 valence electrons. The van der Waals surface area contributed by atoms with Crippen LogP contribution in [0, 0.1) is 31.1 Å². The van der Waals surface area contributed by atoms with Gasteiger partial charge in [-0.25, -0.2) is 0 Å². The van der Waals surface area contributed by atoms with Crippen molar-refractivity contribution < 1.29 is 41.1 Å². The second-order valence-corrected chi connectivity index (χ2v) is 21.9. The molecular formula is C42H62O9SSi. The molecule has 1 aliphatic carbocycles. The van der Waals surface area contributed by atoms with Gasteiger partial charge in [-0.05, 0) is 106 Å². The van der Waals surface area contributed by atoms with Crippen molar-refractivity contribution >= 4 is 18.4 Å². The Hall–Kier alpha value is -2.69. The molecule has 3 fully saturated rings. The van der Waals surface area contributed by atoms with Gasteiger partial charge < -0.3 is 28.1 Å². The highest BCUT2D eigenvalue weighted by Crippen LogP contribution is 2.48. The largest absolute Gasteiger partial charge is 0.493 e. The van der Waals surface area contributed by atoms with Gasteiger partial charge in [0.25, 0.3) is 10.1 Å². The predicted molar refractivity (Wildman–Crippen MR) is 211 cm³/mol. The first kappa shape index (κ1) is 43.0. The highest BCUT2D eigenvalue weighted by Gasteiger charge is 2.51. The molecule has 53 heavy (non-hydrogen) atoms. The molecule has 1 saturated carbocycles. The SMILES string of the molecule is C#CCC[C@H]1[C@H](/C(=C\CCOc2ccccc2)OC2CCCCO2)[C@@H](OC2CCCCO2)C[C@H]1O[Si](C)(C)C(C)(C)C.Cc1ccccc1S(=O)(=O)O. The molecule has 3 aliphatic rings. The van der Waals surface area contributed by atoms with Crippen LogP contribution in [0.15, 0.2) is 71.3 Å². The molecule has 0 aromatic heterocycles. The molecule has 0 radical (unpaired) electrons. The highest BCUT2D eigenvalue weighted by molar-refractivity contribution is 7.85. The number of ether oxygens (including phenoxy) is 5. The van der Waals surface area contributed by atoms with Gasteiger partial charge in [0.2, 0.25) is 0 Å². The van der Waals surface area contributed by atoms with Crippen LogP contribution < -0.4 is 4.74 Å². The molecule has 2 aliphatic heterocycles. The third-order valence-corrected chi connectivity index (χ3v) is 16.2. The fraction of sp³-hybridized carbons (Fsp3) is 0.619. The quantitative estimate of drug-likeness (QED) is 0.0661. The van der Waals surface area contributed by atoms with Gasteiger partial charge in [-0.2, -0.15) is 8.42 Å². The molecule has 2 heterocycles. The zero-order chi connectivity index (χ0) is 38.5. The highest BCUT2D eigenvalue weighted by atomic mass is 32.2. The summed E-state index contributed by atoms with van der Waals surface area (Å²) in [5, 5.41) is 0.102. The molecule has 2 saturated heterocycles. The molecule has 2 aromatic rings. The Kier molecular flexibility index (Phi) is 16.5. The fourth-order valence-electron chi connectivity index (χ4n) is 6.87. The molecule has 6 atom stereocenters. The molecular weight excluding hydrogens is 709 g/mol. The monoisotopic (exact) mass is 770 g/mol. The lowest BCUT2D eigenvalue weighted by Gasteiger charge is -2.40. The Morgan fingerprint density at radius 3 is 2.17 bits per heavy atom. The minimum atomic E-state index is -4.03. The molecule has 2 unspecified atom stereocenters. The van der Waals surface area contributed by atoms with E-state index in [9.17, 15) is 8.42 Å². The van der Waals surface area contributed by atoms with E-state index in [1.54, 1.807) is 25.1 Å². The Bertz CT molecular complexity index is 1570. The number of rotatable bonds is 14. The van der Waals surface area contributed by atoms with Gasteiger partial charge in [-0.3, -0.25) is 4.55 Å². The molecule has 11 heteroatoms. The van der Waals surface area contributed by atoms with Gasteiger partial charge >= 0.3 is 0 Å². The molecule has 9 nitrogen and oxygen atoms in total. The van der Waals surface area contributed by atoms with Crippen LogP contribution in [0.3, 0.4) is 0 Å². The van der Waals surface area contributed by atoms with Gasteiger partial charge in [0.05, 0.1) is 30.3 Å². The topological polar surface area (TPSA) is 110 Å². The minimum absolute atomic E-state index is 0.000830. The average molecular weight is 771 g/mol. The van der Waals surface area contributed by atoms with E-state index in [0.29, 0.717) is 18.6 Å².